The van der Waals surface area contributed by atoms with Gasteiger partial charge in [-0.25, -0.2) is 0 Å². The molecule has 2 aliphatic rings. The Morgan fingerprint density at radius 1 is 1.04 bits per heavy atom. The Kier molecular flexibility index (Phi) is 5.98. The summed E-state index contributed by atoms with van der Waals surface area (Å²) in [5.74, 6) is 1.30. The maximum Gasteiger partial charge on any atom is 0.231 e. The van der Waals surface area contributed by atoms with Crippen molar-refractivity contribution in [3.05, 3.63) is 23.8 Å². The lowest BCUT2D eigenvalue weighted by Gasteiger charge is -2.42. The van der Waals surface area contributed by atoms with Gasteiger partial charge in [0.2, 0.25) is 6.79 Å². The van der Waals surface area contributed by atoms with E-state index in [0.717, 1.165) is 11.3 Å². The maximum atomic E-state index is 12.6. The zero-order valence-corrected chi connectivity index (χ0v) is 18.3. The van der Waals surface area contributed by atoms with E-state index >= 15 is 0 Å². The lowest BCUT2D eigenvalue weighted by Crippen LogP contribution is -2.49. The minimum atomic E-state index is -2.02. The third-order valence-electron chi connectivity index (χ3n) is 6.13. The van der Waals surface area contributed by atoms with Crippen molar-refractivity contribution in [1.29, 1.82) is 0 Å². The molecular weight excluding hydrogens is 360 g/mol. The first kappa shape index (κ1) is 20.4. The van der Waals surface area contributed by atoms with Gasteiger partial charge in [-0.05, 0) is 34.3 Å². The first-order valence-electron chi connectivity index (χ1n) is 9.95. The fourth-order valence-corrected chi connectivity index (χ4v) is 10.4. The molecule has 2 aliphatic heterocycles. The second kappa shape index (κ2) is 7.93. The third kappa shape index (κ3) is 3.67. The number of ketones is 1. The molecule has 2 heterocycles. The van der Waals surface area contributed by atoms with E-state index in [9.17, 15) is 4.79 Å². The molecule has 0 aromatic heterocycles. The molecule has 2 atom stereocenters. The first-order chi connectivity index (χ1) is 12.8. The number of hydrogen-bond donors (Lipinski definition) is 0. The molecule has 0 radical (unpaired) electrons. The normalized spacial score (nSPS) is 22.5. The zero-order valence-electron chi connectivity index (χ0n) is 17.3. The van der Waals surface area contributed by atoms with E-state index in [-0.39, 0.29) is 31.2 Å². The van der Waals surface area contributed by atoms with Gasteiger partial charge >= 0.3 is 0 Å². The van der Waals surface area contributed by atoms with Crippen LogP contribution in [0.4, 0.5) is 0 Å². The highest BCUT2D eigenvalue weighted by Crippen LogP contribution is 2.44. The first-order valence-corrected chi connectivity index (χ1v) is 12.1. The molecule has 150 valence electrons. The summed E-state index contributed by atoms with van der Waals surface area (Å²) in [6.45, 7) is 14.4. The topological polar surface area (TPSA) is 54.0 Å². The molecule has 1 aromatic rings. The summed E-state index contributed by atoms with van der Waals surface area (Å²) in [4.78, 5) is 12.6. The van der Waals surface area contributed by atoms with Crippen LogP contribution in [0.1, 0.15) is 53.2 Å². The monoisotopic (exact) mass is 392 g/mol. The third-order valence-corrected chi connectivity index (χ3v) is 12.2. The summed E-state index contributed by atoms with van der Waals surface area (Å²) in [6, 6.07) is 5.77. The Morgan fingerprint density at radius 3 is 2.30 bits per heavy atom. The summed E-state index contributed by atoms with van der Waals surface area (Å²) in [6.07, 6.45) is -0.287. The van der Waals surface area contributed by atoms with Gasteiger partial charge in [0, 0.05) is 6.61 Å². The predicted molar refractivity (Wildman–Crippen MR) is 107 cm³/mol. The summed E-state index contributed by atoms with van der Waals surface area (Å²) < 4.78 is 23.4. The summed E-state index contributed by atoms with van der Waals surface area (Å²) >= 11 is 0. The van der Waals surface area contributed by atoms with E-state index in [4.69, 9.17) is 18.6 Å². The number of carbonyl (C=O) groups excluding carboxylic acids is 1. The number of Topliss-reactive ketones (excluding diaryl/α,β-unsaturated/α-hetero) is 1. The highest BCUT2D eigenvalue weighted by atomic mass is 28.4. The van der Waals surface area contributed by atoms with Crippen molar-refractivity contribution < 1.29 is 23.4 Å². The molecule has 3 rings (SSSR count). The van der Waals surface area contributed by atoms with Gasteiger partial charge in [0.15, 0.2) is 25.6 Å². The number of hydrogen-bond acceptors (Lipinski definition) is 5. The van der Waals surface area contributed by atoms with E-state index in [1.165, 1.54) is 0 Å². The quantitative estimate of drug-likeness (QED) is 0.620. The fourth-order valence-electron chi connectivity index (χ4n) is 4.90. The van der Waals surface area contributed by atoms with Crippen LogP contribution in [0, 0.1) is 5.92 Å². The smallest absolute Gasteiger partial charge is 0.231 e. The zero-order chi connectivity index (χ0) is 19.8. The van der Waals surface area contributed by atoms with Crippen molar-refractivity contribution >= 4 is 14.1 Å². The highest BCUT2D eigenvalue weighted by Gasteiger charge is 2.47. The van der Waals surface area contributed by atoms with Crippen LogP contribution in [0.2, 0.25) is 16.6 Å². The van der Waals surface area contributed by atoms with Crippen LogP contribution >= 0.6 is 0 Å². The Morgan fingerprint density at radius 2 is 1.67 bits per heavy atom. The fraction of sp³-hybridized carbons (Fsp3) is 0.667. The molecular formula is C21H32O5Si. The number of fused-ring (bicyclic) bond motifs is 1. The predicted octanol–water partition coefficient (Wildman–Crippen LogP) is 4.86. The summed E-state index contributed by atoms with van der Waals surface area (Å²) in [7, 11) is -2.02. The number of rotatable bonds is 7. The van der Waals surface area contributed by atoms with Crippen molar-refractivity contribution in [3.63, 3.8) is 0 Å². The van der Waals surface area contributed by atoms with Crippen LogP contribution in [0.25, 0.3) is 0 Å². The summed E-state index contributed by atoms with van der Waals surface area (Å²) in [5, 5.41) is 0. The van der Waals surface area contributed by atoms with E-state index in [2.05, 4.69) is 41.5 Å². The van der Waals surface area contributed by atoms with Crippen LogP contribution in [-0.4, -0.2) is 34.1 Å². The van der Waals surface area contributed by atoms with Crippen LogP contribution in [0.15, 0.2) is 18.2 Å². The van der Waals surface area contributed by atoms with Crippen LogP contribution < -0.4 is 9.47 Å². The van der Waals surface area contributed by atoms with E-state index in [1.807, 2.05) is 18.2 Å². The van der Waals surface area contributed by atoms with Gasteiger partial charge in [0.25, 0.3) is 0 Å². The summed E-state index contributed by atoms with van der Waals surface area (Å²) in [5.41, 5.74) is 2.40. The van der Waals surface area contributed by atoms with E-state index < -0.39 is 8.32 Å². The molecule has 5 nitrogen and oxygen atoms in total. The molecule has 0 N–H and O–H groups in total. The van der Waals surface area contributed by atoms with E-state index in [0.29, 0.717) is 29.0 Å². The van der Waals surface area contributed by atoms with Crippen molar-refractivity contribution in [2.45, 2.75) is 64.3 Å². The molecule has 0 spiro atoms. The Hall–Kier alpha value is -1.37. The number of carbonyl (C=O) groups is 1. The molecule has 27 heavy (non-hydrogen) atoms. The van der Waals surface area contributed by atoms with Crippen molar-refractivity contribution in [2.75, 3.05) is 20.0 Å². The van der Waals surface area contributed by atoms with Gasteiger partial charge in [-0.1, -0.05) is 47.6 Å². The lowest BCUT2D eigenvalue weighted by atomic mass is 9.95. The molecule has 0 bridgehead atoms. The standard InChI is InChI=1S/C21H32O5Si/c1-13(2)27(14(3)4,15(5)6)26-10-17-18(22)11-23-21(17)16-7-8-19-20(9-16)25-12-24-19/h7-9,13-15,17,21H,10-12H2,1-6H3/t17-,21+/m0/s1. The molecule has 1 fully saturated rings. The van der Waals surface area contributed by atoms with E-state index in [1.54, 1.807) is 0 Å². The molecule has 0 amide bonds. The minimum absolute atomic E-state index is 0.122. The van der Waals surface area contributed by atoms with Gasteiger partial charge in [-0.15, -0.1) is 0 Å². The average Bonchev–Trinajstić information content (AvgIpc) is 3.20. The maximum absolute atomic E-state index is 12.6. The van der Waals surface area contributed by atoms with Crippen LogP contribution in [0.5, 0.6) is 11.5 Å². The molecule has 1 aromatic carbocycles. The van der Waals surface area contributed by atoms with Gasteiger partial charge in [-0.3, -0.25) is 4.79 Å². The molecule has 1 saturated heterocycles. The molecule has 0 saturated carbocycles. The average molecular weight is 393 g/mol. The SMILES string of the molecule is CC(C)[Si](OC[C@H]1C(=O)CO[C@@H]1c1ccc2c(c1)OCO2)(C(C)C)C(C)C. The van der Waals surface area contributed by atoms with Crippen molar-refractivity contribution in [1.82, 2.24) is 0 Å². The van der Waals surface area contributed by atoms with Crippen molar-refractivity contribution in [3.8, 4) is 11.5 Å². The lowest BCUT2D eigenvalue weighted by molar-refractivity contribution is -0.121. The van der Waals surface area contributed by atoms with Gasteiger partial charge in [0.05, 0.1) is 12.0 Å². The Labute approximate surface area is 163 Å². The Balaban J connectivity index is 1.80. The van der Waals surface area contributed by atoms with Gasteiger partial charge < -0.3 is 18.6 Å². The minimum Gasteiger partial charge on any atom is -0.454 e. The van der Waals surface area contributed by atoms with Crippen molar-refractivity contribution in [2.24, 2.45) is 5.92 Å². The van der Waals surface area contributed by atoms with Gasteiger partial charge in [0.1, 0.15) is 6.61 Å². The highest BCUT2D eigenvalue weighted by molar-refractivity contribution is 6.77. The number of benzene rings is 1. The van der Waals surface area contributed by atoms with Crippen LogP contribution in [0.3, 0.4) is 0 Å². The number of ether oxygens (including phenoxy) is 3. The second-order valence-corrected chi connectivity index (χ2v) is 14.0. The Bertz CT molecular complexity index is 663. The molecule has 0 unspecified atom stereocenters. The molecule has 0 aliphatic carbocycles. The van der Waals surface area contributed by atoms with Gasteiger partial charge in [-0.2, -0.15) is 0 Å². The molecule has 6 heteroatoms. The largest absolute Gasteiger partial charge is 0.454 e. The second-order valence-electron chi connectivity index (χ2n) is 8.55. The van der Waals surface area contributed by atoms with Crippen LogP contribution in [-0.2, 0) is 14.0 Å².